The van der Waals surface area contributed by atoms with Gasteiger partial charge in [-0.3, -0.25) is 9.59 Å². The molecule has 0 spiro atoms. The number of hydrogen-bond donors (Lipinski definition) is 1. The lowest BCUT2D eigenvalue weighted by Gasteiger charge is -2.30. The van der Waals surface area contributed by atoms with Gasteiger partial charge in [0, 0.05) is 26.3 Å². The van der Waals surface area contributed by atoms with Crippen LogP contribution in [0.25, 0.3) is 0 Å². The summed E-state index contributed by atoms with van der Waals surface area (Å²) in [7, 11) is 3.88. The first-order valence-electron chi connectivity index (χ1n) is 7.46. The van der Waals surface area contributed by atoms with Crippen LogP contribution in [0.1, 0.15) is 19.8 Å². The molecule has 22 heavy (non-hydrogen) atoms. The third-order valence-corrected chi connectivity index (χ3v) is 5.90. The molecule has 5 nitrogen and oxygen atoms in total. The molecule has 1 N–H and O–H groups in total. The number of nitrogens with zero attached hydrogens (tertiary/aromatic N) is 2. The monoisotopic (exact) mass is 319 g/mol. The summed E-state index contributed by atoms with van der Waals surface area (Å²) in [6, 6.07) is 7.32. The molecule has 2 saturated heterocycles. The largest absolute Gasteiger partial charge is 0.376 e. The van der Waals surface area contributed by atoms with Crippen molar-refractivity contribution in [2.45, 2.75) is 30.7 Å². The summed E-state index contributed by atoms with van der Waals surface area (Å²) in [5.74, 6) is 0.660. The fourth-order valence-corrected chi connectivity index (χ4v) is 4.63. The first-order valence-corrected chi connectivity index (χ1v) is 8.44. The predicted octanol–water partition coefficient (Wildman–Crippen LogP) is 2.15. The summed E-state index contributed by atoms with van der Waals surface area (Å²) in [6.45, 7) is 2.06. The Morgan fingerprint density at radius 3 is 2.86 bits per heavy atom. The van der Waals surface area contributed by atoms with Crippen LogP contribution in [0.2, 0.25) is 0 Å². The first-order chi connectivity index (χ1) is 10.4. The average molecular weight is 319 g/mol. The van der Waals surface area contributed by atoms with Crippen LogP contribution in [0.4, 0.5) is 11.4 Å². The van der Waals surface area contributed by atoms with Gasteiger partial charge < -0.3 is 15.1 Å². The Balaban J connectivity index is 1.80. The van der Waals surface area contributed by atoms with E-state index in [9.17, 15) is 9.59 Å². The van der Waals surface area contributed by atoms with Crippen molar-refractivity contribution in [2.75, 3.05) is 30.1 Å². The summed E-state index contributed by atoms with van der Waals surface area (Å²) in [5.41, 5.74) is 1.74. The number of amides is 2. The molecular weight excluding hydrogens is 298 g/mol. The van der Waals surface area contributed by atoms with Gasteiger partial charge >= 0.3 is 0 Å². The van der Waals surface area contributed by atoms with Gasteiger partial charge in [0.1, 0.15) is 6.04 Å². The molecule has 0 radical (unpaired) electrons. The third kappa shape index (κ3) is 2.45. The van der Waals surface area contributed by atoms with Gasteiger partial charge in [-0.2, -0.15) is 0 Å². The van der Waals surface area contributed by atoms with Gasteiger partial charge in [0.25, 0.3) is 0 Å². The topological polar surface area (TPSA) is 52.7 Å². The van der Waals surface area contributed by atoms with Crippen molar-refractivity contribution in [3.8, 4) is 0 Å². The lowest BCUT2D eigenvalue weighted by molar-refractivity contribution is -0.135. The highest BCUT2D eigenvalue weighted by Gasteiger charge is 2.52. The Hall–Kier alpha value is -1.69. The molecular formula is C16H21N3O2S. The number of carbonyl (C=O) groups is 2. The van der Waals surface area contributed by atoms with Gasteiger partial charge in [-0.25, -0.2) is 0 Å². The van der Waals surface area contributed by atoms with Crippen molar-refractivity contribution >= 4 is 35.0 Å². The van der Waals surface area contributed by atoms with Crippen LogP contribution in [-0.4, -0.2) is 47.5 Å². The minimum Gasteiger partial charge on any atom is -0.376 e. The van der Waals surface area contributed by atoms with Crippen LogP contribution in [0.5, 0.6) is 0 Å². The van der Waals surface area contributed by atoms with Crippen LogP contribution in [0, 0.1) is 0 Å². The van der Waals surface area contributed by atoms with Gasteiger partial charge in [-0.05, 0) is 25.5 Å². The lowest BCUT2D eigenvalue weighted by atomic mass is 10.2. The van der Waals surface area contributed by atoms with E-state index in [1.165, 1.54) is 0 Å². The Kier molecular flexibility index (Phi) is 3.80. The van der Waals surface area contributed by atoms with E-state index in [1.54, 1.807) is 16.7 Å². The van der Waals surface area contributed by atoms with E-state index in [0.29, 0.717) is 12.2 Å². The number of thioether (sulfide) groups is 1. The number of nitrogens with one attached hydrogen (secondary N) is 1. The Labute approximate surface area is 135 Å². The van der Waals surface area contributed by atoms with E-state index in [-0.39, 0.29) is 22.7 Å². The molecule has 0 bridgehead atoms. The molecule has 0 saturated carbocycles. The van der Waals surface area contributed by atoms with Crippen molar-refractivity contribution < 1.29 is 9.59 Å². The van der Waals surface area contributed by atoms with E-state index >= 15 is 0 Å². The molecule has 1 aromatic rings. The molecule has 6 heteroatoms. The molecule has 0 aliphatic carbocycles. The highest BCUT2D eigenvalue weighted by Crippen LogP contribution is 2.47. The molecule has 0 aromatic heterocycles. The smallest absolute Gasteiger partial charge is 0.248 e. The molecule has 2 aliphatic heterocycles. The lowest BCUT2D eigenvalue weighted by Crippen LogP contribution is -2.48. The average Bonchev–Trinajstić information content (AvgIpc) is 2.96. The van der Waals surface area contributed by atoms with Crippen LogP contribution in [0.15, 0.2) is 24.3 Å². The van der Waals surface area contributed by atoms with E-state index in [0.717, 1.165) is 17.8 Å². The molecule has 2 aliphatic rings. The zero-order chi connectivity index (χ0) is 15.9. The van der Waals surface area contributed by atoms with Gasteiger partial charge in [0.05, 0.1) is 16.2 Å². The summed E-state index contributed by atoms with van der Waals surface area (Å²) < 4.78 is 0. The Morgan fingerprint density at radius 1 is 1.41 bits per heavy atom. The number of carbonyl (C=O) groups excluding carboxylic acids is 2. The normalized spacial score (nSPS) is 27.0. The van der Waals surface area contributed by atoms with E-state index in [2.05, 4.69) is 12.2 Å². The zero-order valence-electron chi connectivity index (χ0n) is 13.1. The second-order valence-corrected chi connectivity index (χ2v) is 7.67. The SMILES string of the molecule is CN(C)c1ccccc1NC(=O)[C@@H]1CS[C@]2(C)CCC(=O)N12. The van der Waals surface area contributed by atoms with Crippen molar-refractivity contribution in [1.29, 1.82) is 0 Å². The second-order valence-electron chi connectivity index (χ2n) is 6.17. The van der Waals surface area contributed by atoms with E-state index in [1.807, 2.05) is 43.3 Å². The number of rotatable bonds is 3. The molecule has 3 rings (SSSR count). The third-order valence-electron chi connectivity index (χ3n) is 4.39. The summed E-state index contributed by atoms with van der Waals surface area (Å²) in [6.07, 6.45) is 1.37. The number of fused-ring (bicyclic) bond motifs is 1. The first kappa shape index (κ1) is 15.2. The molecule has 2 amide bonds. The predicted molar refractivity (Wildman–Crippen MR) is 90.1 cm³/mol. The highest BCUT2D eigenvalue weighted by atomic mass is 32.2. The van der Waals surface area contributed by atoms with E-state index < -0.39 is 0 Å². The molecule has 2 heterocycles. The maximum atomic E-state index is 12.7. The van der Waals surface area contributed by atoms with Crippen LogP contribution >= 0.6 is 11.8 Å². The number of hydrogen-bond acceptors (Lipinski definition) is 4. The number of benzene rings is 1. The zero-order valence-corrected chi connectivity index (χ0v) is 13.9. The minimum absolute atomic E-state index is 0.0912. The quantitative estimate of drug-likeness (QED) is 0.927. The van der Waals surface area contributed by atoms with Gasteiger partial charge in [-0.15, -0.1) is 11.8 Å². The second kappa shape index (κ2) is 5.50. The number of para-hydroxylation sites is 2. The summed E-state index contributed by atoms with van der Waals surface area (Å²) >= 11 is 1.71. The van der Waals surface area contributed by atoms with Gasteiger partial charge in [0.15, 0.2) is 0 Å². The van der Waals surface area contributed by atoms with Crippen molar-refractivity contribution in [3.63, 3.8) is 0 Å². The summed E-state index contributed by atoms with van der Waals surface area (Å²) in [4.78, 5) is 28.3. The van der Waals surface area contributed by atoms with Gasteiger partial charge in [0.2, 0.25) is 11.8 Å². The summed E-state index contributed by atoms with van der Waals surface area (Å²) in [5, 5.41) is 3.00. The van der Waals surface area contributed by atoms with Crippen LogP contribution in [0.3, 0.4) is 0 Å². The van der Waals surface area contributed by atoms with Crippen LogP contribution < -0.4 is 10.2 Å². The highest BCUT2D eigenvalue weighted by molar-refractivity contribution is 8.01. The van der Waals surface area contributed by atoms with Crippen LogP contribution in [-0.2, 0) is 9.59 Å². The fourth-order valence-electron chi connectivity index (χ4n) is 3.20. The maximum Gasteiger partial charge on any atom is 0.248 e. The minimum atomic E-state index is -0.375. The maximum absolute atomic E-state index is 12.7. The fraction of sp³-hybridized carbons (Fsp3) is 0.500. The van der Waals surface area contributed by atoms with Crippen molar-refractivity contribution in [2.24, 2.45) is 0 Å². The number of anilines is 2. The Bertz CT molecular complexity index is 619. The van der Waals surface area contributed by atoms with Crippen molar-refractivity contribution in [1.82, 2.24) is 4.90 Å². The molecule has 2 fully saturated rings. The van der Waals surface area contributed by atoms with Gasteiger partial charge in [-0.1, -0.05) is 12.1 Å². The molecule has 118 valence electrons. The van der Waals surface area contributed by atoms with Crippen molar-refractivity contribution in [3.05, 3.63) is 24.3 Å². The Morgan fingerprint density at radius 2 is 2.14 bits per heavy atom. The molecule has 0 unspecified atom stereocenters. The molecule has 2 atom stereocenters. The standard InChI is InChI=1S/C16H21N3O2S/c1-16-9-8-14(20)19(16)13(10-22-16)15(21)17-11-6-4-5-7-12(11)18(2)3/h4-7,13H,8-10H2,1-3H3,(H,17,21)/t13-,16+/m0/s1. The van der Waals surface area contributed by atoms with E-state index in [4.69, 9.17) is 0 Å². The molecule has 1 aromatic carbocycles.